The molecule has 2 aliphatic heterocycles. The summed E-state index contributed by atoms with van der Waals surface area (Å²) in [6, 6.07) is 0.764. The van der Waals surface area contributed by atoms with Gasteiger partial charge in [-0.2, -0.15) is 0 Å². The highest BCUT2D eigenvalue weighted by molar-refractivity contribution is 4.87. The zero-order valence-corrected chi connectivity index (χ0v) is 9.65. The Hall–Kier alpha value is -0.160. The number of fused-ring (bicyclic) bond motifs is 1. The molecule has 15 heavy (non-hydrogen) atoms. The first kappa shape index (κ1) is 11.3. The maximum atomic E-state index is 9.72. The minimum absolute atomic E-state index is 0.219. The summed E-state index contributed by atoms with van der Waals surface area (Å²) >= 11 is 0. The van der Waals surface area contributed by atoms with E-state index in [1.165, 1.54) is 25.9 Å². The quantitative estimate of drug-likeness (QED) is 0.651. The maximum Gasteiger partial charge on any atom is 0.0791 e. The fourth-order valence-corrected chi connectivity index (χ4v) is 2.82. The lowest BCUT2D eigenvalue weighted by Gasteiger charge is -2.38. The number of piperazine rings is 1. The zero-order valence-electron chi connectivity index (χ0n) is 9.65. The second-order valence-corrected chi connectivity index (χ2v) is 4.80. The third-order valence-corrected chi connectivity index (χ3v) is 3.58. The monoisotopic (exact) mass is 213 g/mol. The molecule has 0 radical (unpaired) electrons. The highest BCUT2D eigenvalue weighted by atomic mass is 16.3. The molecule has 4 heteroatoms. The van der Waals surface area contributed by atoms with Crippen molar-refractivity contribution in [3.8, 4) is 0 Å². The summed E-state index contributed by atoms with van der Waals surface area (Å²) in [6.07, 6.45) is 2.49. The average Bonchev–Trinajstić information content (AvgIpc) is 2.65. The van der Waals surface area contributed by atoms with Gasteiger partial charge in [-0.1, -0.05) is 0 Å². The van der Waals surface area contributed by atoms with E-state index >= 15 is 0 Å². The Labute approximate surface area is 92.2 Å². The van der Waals surface area contributed by atoms with Crippen LogP contribution in [0.3, 0.4) is 0 Å². The first-order chi connectivity index (χ1) is 7.29. The van der Waals surface area contributed by atoms with Gasteiger partial charge < -0.3 is 10.4 Å². The van der Waals surface area contributed by atoms with Crippen LogP contribution in [0.5, 0.6) is 0 Å². The first-order valence-electron chi connectivity index (χ1n) is 6.08. The van der Waals surface area contributed by atoms with Gasteiger partial charge in [-0.3, -0.25) is 9.80 Å². The van der Waals surface area contributed by atoms with E-state index in [1.807, 2.05) is 7.05 Å². The van der Waals surface area contributed by atoms with Crippen molar-refractivity contribution in [3.05, 3.63) is 0 Å². The molecule has 2 aliphatic rings. The standard InChI is InChI=1S/C11H23N3O/c1-12-7-11(15)9-13-5-6-14-4-2-3-10(14)8-13/h10-12,15H,2-9H2,1H3. The van der Waals surface area contributed by atoms with Gasteiger partial charge in [-0.05, 0) is 26.4 Å². The summed E-state index contributed by atoms with van der Waals surface area (Å²) in [5.41, 5.74) is 0. The van der Waals surface area contributed by atoms with E-state index in [0.29, 0.717) is 6.54 Å². The normalized spacial score (nSPS) is 30.4. The Kier molecular flexibility index (Phi) is 3.97. The number of rotatable bonds is 4. The van der Waals surface area contributed by atoms with Crippen LogP contribution < -0.4 is 5.32 Å². The average molecular weight is 213 g/mol. The molecule has 2 saturated heterocycles. The summed E-state index contributed by atoms with van der Waals surface area (Å²) in [5.74, 6) is 0. The molecular weight excluding hydrogens is 190 g/mol. The molecule has 2 fully saturated rings. The minimum atomic E-state index is -0.219. The van der Waals surface area contributed by atoms with Gasteiger partial charge in [0.2, 0.25) is 0 Å². The molecule has 0 aromatic heterocycles. The summed E-state index contributed by atoms with van der Waals surface area (Å²) in [7, 11) is 1.89. The largest absolute Gasteiger partial charge is 0.390 e. The van der Waals surface area contributed by atoms with Crippen molar-refractivity contribution in [2.24, 2.45) is 0 Å². The molecular formula is C11H23N3O. The number of nitrogens with zero attached hydrogens (tertiary/aromatic N) is 2. The molecule has 2 rings (SSSR count). The van der Waals surface area contributed by atoms with Crippen molar-refractivity contribution in [1.82, 2.24) is 15.1 Å². The number of aliphatic hydroxyl groups is 1. The van der Waals surface area contributed by atoms with Gasteiger partial charge in [0.1, 0.15) is 0 Å². The number of aliphatic hydroxyl groups excluding tert-OH is 1. The van der Waals surface area contributed by atoms with Crippen molar-refractivity contribution in [2.75, 3.05) is 46.3 Å². The van der Waals surface area contributed by atoms with E-state index in [-0.39, 0.29) is 6.10 Å². The molecule has 0 bridgehead atoms. The Bertz CT molecular complexity index is 200. The molecule has 2 atom stereocenters. The van der Waals surface area contributed by atoms with Gasteiger partial charge in [-0.15, -0.1) is 0 Å². The number of hydrogen-bond acceptors (Lipinski definition) is 4. The van der Waals surface area contributed by atoms with E-state index in [0.717, 1.165) is 25.7 Å². The second kappa shape index (κ2) is 5.25. The molecule has 2 unspecified atom stereocenters. The summed E-state index contributed by atoms with van der Waals surface area (Å²) in [4.78, 5) is 5.01. The van der Waals surface area contributed by atoms with Gasteiger partial charge >= 0.3 is 0 Å². The van der Waals surface area contributed by atoms with Crippen LogP contribution in [0.25, 0.3) is 0 Å². The molecule has 4 nitrogen and oxygen atoms in total. The minimum Gasteiger partial charge on any atom is -0.390 e. The van der Waals surface area contributed by atoms with Crippen molar-refractivity contribution >= 4 is 0 Å². The van der Waals surface area contributed by atoms with E-state index in [9.17, 15) is 5.11 Å². The highest BCUT2D eigenvalue weighted by Gasteiger charge is 2.30. The number of hydrogen-bond donors (Lipinski definition) is 2. The maximum absolute atomic E-state index is 9.72. The predicted octanol–water partition coefficient (Wildman–Crippen LogP) is -0.653. The summed E-state index contributed by atoms with van der Waals surface area (Å²) < 4.78 is 0. The van der Waals surface area contributed by atoms with Crippen molar-refractivity contribution in [2.45, 2.75) is 25.0 Å². The van der Waals surface area contributed by atoms with Crippen LogP contribution >= 0.6 is 0 Å². The molecule has 0 saturated carbocycles. The fraction of sp³-hybridized carbons (Fsp3) is 1.00. The summed E-state index contributed by atoms with van der Waals surface area (Å²) in [6.45, 7) is 6.28. The lowest BCUT2D eigenvalue weighted by Crippen LogP contribution is -2.52. The molecule has 0 aromatic rings. The van der Waals surface area contributed by atoms with E-state index in [2.05, 4.69) is 15.1 Å². The SMILES string of the molecule is CNCC(O)CN1CCN2CCCC2C1. The number of likely N-dealkylation sites (N-methyl/N-ethyl adjacent to an activating group) is 1. The lowest BCUT2D eigenvalue weighted by atomic mass is 10.1. The van der Waals surface area contributed by atoms with Crippen molar-refractivity contribution in [3.63, 3.8) is 0 Å². The van der Waals surface area contributed by atoms with E-state index in [4.69, 9.17) is 0 Å². The van der Waals surface area contributed by atoms with Gasteiger partial charge in [0, 0.05) is 38.8 Å². The molecule has 2 heterocycles. The third kappa shape index (κ3) is 2.91. The first-order valence-corrected chi connectivity index (χ1v) is 6.08. The molecule has 2 N–H and O–H groups in total. The Balaban J connectivity index is 1.75. The van der Waals surface area contributed by atoms with Gasteiger partial charge in [0.05, 0.1) is 6.10 Å². The summed E-state index contributed by atoms with van der Waals surface area (Å²) in [5, 5.41) is 12.7. The van der Waals surface area contributed by atoms with Gasteiger partial charge in [0.15, 0.2) is 0 Å². The van der Waals surface area contributed by atoms with Crippen LogP contribution in [-0.4, -0.2) is 73.4 Å². The van der Waals surface area contributed by atoms with Crippen LogP contribution in [-0.2, 0) is 0 Å². The molecule has 0 amide bonds. The van der Waals surface area contributed by atoms with Crippen LogP contribution in [0, 0.1) is 0 Å². The predicted molar refractivity (Wildman–Crippen MR) is 61.0 cm³/mol. The van der Waals surface area contributed by atoms with Crippen LogP contribution in [0.4, 0.5) is 0 Å². The Morgan fingerprint density at radius 2 is 2.27 bits per heavy atom. The molecule has 0 aromatic carbocycles. The lowest BCUT2D eigenvalue weighted by molar-refractivity contribution is 0.0576. The van der Waals surface area contributed by atoms with Crippen molar-refractivity contribution < 1.29 is 5.11 Å². The van der Waals surface area contributed by atoms with Gasteiger partial charge in [-0.25, -0.2) is 0 Å². The fourth-order valence-electron chi connectivity index (χ4n) is 2.82. The number of nitrogens with one attached hydrogen (secondary N) is 1. The van der Waals surface area contributed by atoms with Gasteiger partial charge in [0.25, 0.3) is 0 Å². The smallest absolute Gasteiger partial charge is 0.0791 e. The molecule has 0 spiro atoms. The van der Waals surface area contributed by atoms with Crippen LogP contribution in [0.1, 0.15) is 12.8 Å². The van der Waals surface area contributed by atoms with E-state index in [1.54, 1.807) is 0 Å². The Morgan fingerprint density at radius 1 is 1.40 bits per heavy atom. The third-order valence-electron chi connectivity index (χ3n) is 3.58. The molecule has 88 valence electrons. The Morgan fingerprint density at radius 3 is 3.07 bits per heavy atom. The topological polar surface area (TPSA) is 38.7 Å². The van der Waals surface area contributed by atoms with Crippen LogP contribution in [0.2, 0.25) is 0 Å². The zero-order chi connectivity index (χ0) is 10.7. The van der Waals surface area contributed by atoms with E-state index < -0.39 is 0 Å². The van der Waals surface area contributed by atoms with Crippen LogP contribution in [0.15, 0.2) is 0 Å². The molecule has 0 aliphatic carbocycles. The second-order valence-electron chi connectivity index (χ2n) is 4.80. The van der Waals surface area contributed by atoms with Crippen molar-refractivity contribution in [1.29, 1.82) is 0 Å². The highest BCUT2D eigenvalue weighted by Crippen LogP contribution is 2.21. The number of β-amino-alcohol motifs (C(OH)–C–C–N with tert-alkyl or cyclic N) is 1.